The summed E-state index contributed by atoms with van der Waals surface area (Å²) in [5, 5.41) is 12.5. The van der Waals surface area contributed by atoms with Crippen molar-refractivity contribution in [1.82, 2.24) is 10.3 Å². The Bertz CT molecular complexity index is 755. The van der Waals surface area contributed by atoms with Crippen LogP contribution in [0, 0.1) is 5.92 Å². The predicted molar refractivity (Wildman–Crippen MR) is 92.8 cm³/mol. The number of hydrogen-bond acceptors (Lipinski definition) is 3. The molecule has 2 aromatic rings. The van der Waals surface area contributed by atoms with Crippen molar-refractivity contribution in [2.75, 3.05) is 6.54 Å². The van der Waals surface area contributed by atoms with Gasteiger partial charge in [0.1, 0.15) is 5.56 Å². The molecule has 1 aliphatic rings. The Morgan fingerprint density at radius 1 is 1.17 bits per heavy atom. The lowest BCUT2D eigenvalue weighted by Gasteiger charge is -2.25. The van der Waals surface area contributed by atoms with Crippen molar-refractivity contribution >= 4 is 5.91 Å². The van der Waals surface area contributed by atoms with Crippen molar-refractivity contribution in [3.63, 3.8) is 0 Å². The number of H-pyrrole nitrogens is 1. The third-order valence-corrected chi connectivity index (χ3v) is 4.55. The lowest BCUT2D eigenvalue weighted by atomic mass is 9.87. The van der Waals surface area contributed by atoms with Gasteiger partial charge < -0.3 is 15.4 Å². The number of amides is 1. The van der Waals surface area contributed by atoms with E-state index in [9.17, 15) is 14.7 Å². The van der Waals surface area contributed by atoms with Gasteiger partial charge in [-0.05, 0) is 42.9 Å². The Labute approximate surface area is 140 Å². The van der Waals surface area contributed by atoms with Gasteiger partial charge in [0, 0.05) is 12.2 Å². The molecular formula is C19H22N2O3. The summed E-state index contributed by atoms with van der Waals surface area (Å²) in [6, 6.07) is 12.8. The Morgan fingerprint density at radius 2 is 1.96 bits per heavy atom. The van der Waals surface area contributed by atoms with Crippen LogP contribution in [-0.4, -0.2) is 28.6 Å². The molecule has 1 fully saturated rings. The molecule has 1 aromatic carbocycles. The highest BCUT2D eigenvalue weighted by molar-refractivity contribution is 5.94. The Kier molecular flexibility index (Phi) is 5.11. The number of nitrogens with one attached hydrogen (secondary N) is 2. The van der Waals surface area contributed by atoms with Gasteiger partial charge in [-0.2, -0.15) is 0 Å². The summed E-state index contributed by atoms with van der Waals surface area (Å²) in [6.45, 7) is 0.496. The smallest absolute Gasteiger partial charge is 0.261 e. The lowest BCUT2D eigenvalue weighted by molar-refractivity contribution is 0.0872. The van der Waals surface area contributed by atoms with Gasteiger partial charge in [-0.25, -0.2) is 0 Å². The normalized spacial score (nSPS) is 20.5. The van der Waals surface area contributed by atoms with Crippen molar-refractivity contribution in [2.24, 2.45) is 5.92 Å². The number of aliphatic hydroxyl groups is 1. The quantitative estimate of drug-likeness (QED) is 0.806. The largest absolute Gasteiger partial charge is 0.393 e. The predicted octanol–water partition coefficient (Wildman–Crippen LogP) is 2.32. The van der Waals surface area contributed by atoms with E-state index >= 15 is 0 Å². The number of aliphatic hydroxyl groups excluding tert-OH is 1. The molecule has 0 saturated heterocycles. The molecular weight excluding hydrogens is 304 g/mol. The summed E-state index contributed by atoms with van der Waals surface area (Å²) in [5.41, 5.74) is 1.31. The Morgan fingerprint density at radius 3 is 2.67 bits per heavy atom. The van der Waals surface area contributed by atoms with Crippen molar-refractivity contribution in [1.29, 1.82) is 0 Å². The number of pyridine rings is 1. The molecule has 0 aliphatic heterocycles. The van der Waals surface area contributed by atoms with Crippen LogP contribution < -0.4 is 10.9 Å². The van der Waals surface area contributed by atoms with Crippen LogP contribution in [0.5, 0.6) is 0 Å². The highest BCUT2D eigenvalue weighted by Gasteiger charge is 2.21. The summed E-state index contributed by atoms with van der Waals surface area (Å²) >= 11 is 0. The fraction of sp³-hybridized carbons (Fsp3) is 0.368. The molecule has 5 nitrogen and oxygen atoms in total. The number of aromatic amines is 1. The first-order valence-electron chi connectivity index (χ1n) is 8.38. The van der Waals surface area contributed by atoms with E-state index in [1.165, 1.54) is 0 Å². The highest BCUT2D eigenvalue weighted by atomic mass is 16.3. The molecule has 1 aromatic heterocycles. The molecule has 1 saturated carbocycles. The standard InChI is InChI=1S/C19H22N2O3/c22-15-8-4-5-13(11-15)12-20-18(23)16-9-10-17(21-19(16)24)14-6-2-1-3-7-14/h1-3,6-7,9-10,13,15,22H,4-5,8,11-12H2,(H,20,23)(H,21,24). The maximum absolute atomic E-state index is 12.2. The summed E-state index contributed by atoms with van der Waals surface area (Å²) in [6.07, 6.45) is 3.26. The molecule has 0 spiro atoms. The molecule has 2 atom stereocenters. The van der Waals surface area contributed by atoms with E-state index in [4.69, 9.17) is 0 Å². The lowest BCUT2D eigenvalue weighted by Crippen LogP contribution is -2.35. The number of aromatic nitrogens is 1. The number of hydrogen-bond donors (Lipinski definition) is 3. The van der Waals surface area contributed by atoms with E-state index in [0.29, 0.717) is 18.7 Å². The first kappa shape index (κ1) is 16.5. The van der Waals surface area contributed by atoms with Gasteiger partial charge in [0.2, 0.25) is 0 Å². The van der Waals surface area contributed by atoms with Crippen molar-refractivity contribution in [3.05, 3.63) is 58.4 Å². The molecule has 0 radical (unpaired) electrons. The van der Waals surface area contributed by atoms with Gasteiger partial charge in [-0.3, -0.25) is 9.59 Å². The molecule has 5 heteroatoms. The molecule has 126 valence electrons. The molecule has 3 rings (SSSR count). The van der Waals surface area contributed by atoms with Gasteiger partial charge in [0.05, 0.1) is 6.10 Å². The topological polar surface area (TPSA) is 82.2 Å². The summed E-state index contributed by atoms with van der Waals surface area (Å²) in [5.74, 6) is -0.0868. The van der Waals surface area contributed by atoms with Crippen LogP contribution in [0.15, 0.2) is 47.3 Å². The average Bonchev–Trinajstić information content (AvgIpc) is 2.60. The minimum atomic E-state index is -0.391. The van der Waals surface area contributed by atoms with Crippen LogP contribution in [0.1, 0.15) is 36.0 Å². The molecule has 0 bridgehead atoms. The molecule has 1 heterocycles. The molecule has 24 heavy (non-hydrogen) atoms. The van der Waals surface area contributed by atoms with Crippen LogP contribution in [0.3, 0.4) is 0 Å². The van der Waals surface area contributed by atoms with Crippen molar-refractivity contribution in [3.8, 4) is 11.3 Å². The van der Waals surface area contributed by atoms with E-state index < -0.39 is 5.56 Å². The van der Waals surface area contributed by atoms with E-state index in [0.717, 1.165) is 24.8 Å². The third-order valence-electron chi connectivity index (χ3n) is 4.55. The monoisotopic (exact) mass is 326 g/mol. The second-order valence-electron chi connectivity index (χ2n) is 6.38. The zero-order valence-corrected chi connectivity index (χ0v) is 13.5. The second kappa shape index (κ2) is 7.45. The third kappa shape index (κ3) is 3.92. The molecule has 3 N–H and O–H groups in total. The van der Waals surface area contributed by atoms with Gasteiger partial charge >= 0.3 is 0 Å². The first-order chi connectivity index (χ1) is 11.6. The maximum Gasteiger partial charge on any atom is 0.261 e. The average molecular weight is 326 g/mol. The summed E-state index contributed by atoms with van der Waals surface area (Å²) in [4.78, 5) is 27.2. The number of carbonyl (C=O) groups is 1. The van der Waals surface area contributed by atoms with Crippen LogP contribution in [-0.2, 0) is 0 Å². The van der Waals surface area contributed by atoms with Gasteiger partial charge in [0.25, 0.3) is 11.5 Å². The fourth-order valence-corrected chi connectivity index (χ4v) is 3.22. The second-order valence-corrected chi connectivity index (χ2v) is 6.38. The van der Waals surface area contributed by atoms with E-state index in [2.05, 4.69) is 10.3 Å². The minimum absolute atomic E-state index is 0.117. The van der Waals surface area contributed by atoms with Gasteiger partial charge in [-0.15, -0.1) is 0 Å². The summed E-state index contributed by atoms with van der Waals surface area (Å²) in [7, 11) is 0. The number of benzene rings is 1. The molecule has 1 aliphatic carbocycles. The van der Waals surface area contributed by atoms with Crippen LogP contribution in [0.2, 0.25) is 0 Å². The highest BCUT2D eigenvalue weighted by Crippen LogP contribution is 2.23. The fourth-order valence-electron chi connectivity index (χ4n) is 3.22. The van der Waals surface area contributed by atoms with Crippen molar-refractivity contribution < 1.29 is 9.90 Å². The zero-order valence-electron chi connectivity index (χ0n) is 13.5. The zero-order chi connectivity index (χ0) is 16.9. The van der Waals surface area contributed by atoms with E-state index in [1.54, 1.807) is 12.1 Å². The van der Waals surface area contributed by atoms with Gasteiger partial charge in [0.15, 0.2) is 0 Å². The Balaban J connectivity index is 1.66. The first-order valence-corrected chi connectivity index (χ1v) is 8.38. The minimum Gasteiger partial charge on any atom is -0.393 e. The number of carbonyl (C=O) groups excluding carboxylic acids is 1. The summed E-state index contributed by atoms with van der Waals surface area (Å²) < 4.78 is 0. The molecule has 1 amide bonds. The van der Waals surface area contributed by atoms with E-state index in [-0.39, 0.29) is 23.5 Å². The van der Waals surface area contributed by atoms with Gasteiger partial charge in [-0.1, -0.05) is 36.8 Å². The van der Waals surface area contributed by atoms with Crippen LogP contribution >= 0.6 is 0 Å². The SMILES string of the molecule is O=C(NCC1CCCC(O)C1)c1ccc(-c2ccccc2)[nH]c1=O. The van der Waals surface area contributed by atoms with Crippen LogP contribution in [0.25, 0.3) is 11.3 Å². The maximum atomic E-state index is 12.2. The molecule has 2 unspecified atom stereocenters. The van der Waals surface area contributed by atoms with E-state index in [1.807, 2.05) is 30.3 Å². The van der Waals surface area contributed by atoms with Crippen molar-refractivity contribution in [2.45, 2.75) is 31.8 Å². The number of rotatable bonds is 4. The van der Waals surface area contributed by atoms with Crippen LogP contribution in [0.4, 0.5) is 0 Å². The Hall–Kier alpha value is -2.40.